The van der Waals surface area contributed by atoms with E-state index in [0.717, 1.165) is 65.3 Å². The fourth-order valence-corrected chi connectivity index (χ4v) is 4.78. The van der Waals surface area contributed by atoms with E-state index in [1.165, 1.54) is 5.01 Å². The summed E-state index contributed by atoms with van der Waals surface area (Å²) in [4.78, 5) is 21.1. The van der Waals surface area contributed by atoms with Gasteiger partial charge in [-0.25, -0.2) is 9.78 Å². The molecule has 4 heterocycles. The first kappa shape index (κ1) is 15.4. The molecule has 0 aliphatic carbocycles. The third-order valence-corrected chi connectivity index (χ3v) is 6.18. The molecule has 1 aromatic rings. The molecule has 4 rings (SSSR count). The third kappa shape index (κ3) is 3.09. The molecule has 3 fully saturated rings. The number of aromatic nitrogens is 1. The predicted octanol–water partition coefficient (Wildman–Crippen LogP) is 1.40. The topological polar surface area (TPSA) is 57.7 Å². The predicted molar refractivity (Wildman–Crippen MR) is 88.3 cm³/mol. The van der Waals surface area contributed by atoms with E-state index in [1.807, 2.05) is 16.5 Å². The minimum absolute atomic E-state index is 0.0760. The molecule has 6 nitrogen and oxygen atoms in total. The maximum atomic E-state index is 12.3. The molecule has 23 heavy (non-hydrogen) atoms. The number of likely N-dealkylation sites (tertiary alicyclic amines) is 2. The Kier molecular flexibility index (Phi) is 4.26. The number of hydrogen-bond donors (Lipinski definition) is 1. The quantitative estimate of drug-likeness (QED) is 0.903. The zero-order valence-electron chi connectivity index (χ0n) is 13.4. The highest BCUT2D eigenvalue weighted by Gasteiger charge is 2.50. The molecule has 126 valence electrons. The van der Waals surface area contributed by atoms with Crippen molar-refractivity contribution in [1.82, 2.24) is 20.1 Å². The van der Waals surface area contributed by atoms with Gasteiger partial charge in [0, 0.05) is 55.6 Å². The van der Waals surface area contributed by atoms with Crippen LogP contribution in [0, 0.1) is 11.3 Å². The molecule has 7 heteroatoms. The summed E-state index contributed by atoms with van der Waals surface area (Å²) in [6.07, 6.45) is 4.13. The number of nitrogens with zero attached hydrogens (tertiary/aromatic N) is 3. The van der Waals surface area contributed by atoms with Gasteiger partial charge < -0.3 is 15.0 Å². The summed E-state index contributed by atoms with van der Waals surface area (Å²) < 4.78 is 5.75. The summed E-state index contributed by atoms with van der Waals surface area (Å²) in [5.41, 5.74) is 0.0760. The molecule has 1 N–H and O–H groups in total. The molecule has 2 atom stereocenters. The Morgan fingerprint density at radius 3 is 3.13 bits per heavy atom. The Morgan fingerprint density at radius 1 is 1.48 bits per heavy atom. The molecule has 2 amide bonds. The first-order valence-corrected chi connectivity index (χ1v) is 9.34. The highest BCUT2D eigenvalue weighted by molar-refractivity contribution is 7.09. The Balaban J connectivity index is 1.36. The standard InChI is InChI=1S/C16H24N4O2S/c21-15(20-4-1-2-5-20)18-10-16-11-19(7-13(16)9-22-12-16)8-14-17-3-6-23-14/h3,6,13H,1-2,4-5,7-12H2,(H,18,21)/t13-,16+/m0/s1. The van der Waals surface area contributed by atoms with Crippen LogP contribution in [0.15, 0.2) is 11.6 Å². The number of thiazole rings is 1. The van der Waals surface area contributed by atoms with Gasteiger partial charge in [-0.2, -0.15) is 0 Å². The molecule has 0 aromatic carbocycles. The van der Waals surface area contributed by atoms with Gasteiger partial charge in [0.2, 0.25) is 0 Å². The summed E-state index contributed by atoms with van der Waals surface area (Å²) in [5, 5.41) is 6.37. The second-order valence-electron chi connectivity index (χ2n) is 7.02. The van der Waals surface area contributed by atoms with E-state index >= 15 is 0 Å². The van der Waals surface area contributed by atoms with Crippen molar-refractivity contribution in [1.29, 1.82) is 0 Å². The molecule has 0 radical (unpaired) electrons. The van der Waals surface area contributed by atoms with Crippen molar-refractivity contribution in [2.45, 2.75) is 19.4 Å². The monoisotopic (exact) mass is 336 g/mol. The Bertz CT molecular complexity index is 546. The van der Waals surface area contributed by atoms with Crippen molar-refractivity contribution in [3.8, 4) is 0 Å². The van der Waals surface area contributed by atoms with Crippen LogP contribution >= 0.6 is 11.3 Å². The number of fused-ring (bicyclic) bond motifs is 1. The number of rotatable bonds is 4. The molecular formula is C16H24N4O2S. The highest BCUT2D eigenvalue weighted by Crippen LogP contribution is 2.41. The molecule has 0 unspecified atom stereocenters. The average Bonchev–Trinajstić information content (AvgIpc) is 3.29. The normalized spacial score (nSPS) is 30.8. The number of ether oxygens (including phenoxy) is 1. The maximum absolute atomic E-state index is 12.3. The third-order valence-electron chi connectivity index (χ3n) is 5.42. The fourth-order valence-electron chi connectivity index (χ4n) is 4.12. The van der Waals surface area contributed by atoms with Gasteiger partial charge in [-0.15, -0.1) is 11.3 Å². The van der Waals surface area contributed by atoms with E-state index in [0.29, 0.717) is 5.92 Å². The fraction of sp³-hybridized carbons (Fsp3) is 0.750. The average molecular weight is 336 g/mol. The summed E-state index contributed by atoms with van der Waals surface area (Å²) >= 11 is 1.71. The molecule has 0 bridgehead atoms. The lowest BCUT2D eigenvalue weighted by atomic mass is 9.81. The zero-order chi connectivity index (χ0) is 15.7. The number of nitrogens with one attached hydrogen (secondary N) is 1. The molecular weight excluding hydrogens is 312 g/mol. The van der Waals surface area contributed by atoms with Crippen LogP contribution in [0.1, 0.15) is 17.8 Å². The van der Waals surface area contributed by atoms with E-state index in [4.69, 9.17) is 4.74 Å². The van der Waals surface area contributed by atoms with Crippen LogP contribution < -0.4 is 5.32 Å². The largest absolute Gasteiger partial charge is 0.380 e. The van der Waals surface area contributed by atoms with E-state index < -0.39 is 0 Å². The lowest BCUT2D eigenvalue weighted by molar-refractivity contribution is 0.125. The molecule has 0 spiro atoms. The first-order chi connectivity index (χ1) is 11.3. The van der Waals surface area contributed by atoms with Crippen LogP contribution in [0.5, 0.6) is 0 Å². The van der Waals surface area contributed by atoms with Crippen LogP contribution in [0.25, 0.3) is 0 Å². The number of hydrogen-bond acceptors (Lipinski definition) is 5. The van der Waals surface area contributed by atoms with Gasteiger partial charge in [0.05, 0.1) is 19.8 Å². The van der Waals surface area contributed by atoms with Gasteiger partial charge in [0.25, 0.3) is 0 Å². The number of amides is 2. The second-order valence-corrected chi connectivity index (χ2v) is 8.00. The molecule has 3 aliphatic rings. The smallest absolute Gasteiger partial charge is 0.317 e. The van der Waals surface area contributed by atoms with Gasteiger partial charge in [0.15, 0.2) is 0 Å². The molecule has 3 saturated heterocycles. The zero-order valence-corrected chi connectivity index (χ0v) is 14.2. The van der Waals surface area contributed by atoms with Crippen LogP contribution in [-0.2, 0) is 11.3 Å². The van der Waals surface area contributed by atoms with E-state index in [-0.39, 0.29) is 11.4 Å². The Hall–Kier alpha value is -1.18. The van der Waals surface area contributed by atoms with Crippen LogP contribution in [0.2, 0.25) is 0 Å². The van der Waals surface area contributed by atoms with Crippen molar-refractivity contribution in [2.24, 2.45) is 11.3 Å². The van der Waals surface area contributed by atoms with Gasteiger partial charge in [-0.3, -0.25) is 4.90 Å². The van der Waals surface area contributed by atoms with Gasteiger partial charge >= 0.3 is 6.03 Å². The minimum atomic E-state index is 0.0760. The summed E-state index contributed by atoms with van der Waals surface area (Å²) in [6.45, 7) is 7.03. The van der Waals surface area contributed by atoms with E-state index in [2.05, 4.69) is 15.2 Å². The van der Waals surface area contributed by atoms with Crippen LogP contribution in [-0.4, -0.2) is 66.8 Å². The van der Waals surface area contributed by atoms with E-state index in [9.17, 15) is 4.79 Å². The summed E-state index contributed by atoms with van der Waals surface area (Å²) in [6, 6.07) is 0.0981. The molecule has 3 aliphatic heterocycles. The number of carbonyl (C=O) groups is 1. The highest BCUT2D eigenvalue weighted by atomic mass is 32.1. The Morgan fingerprint density at radius 2 is 2.35 bits per heavy atom. The van der Waals surface area contributed by atoms with Crippen molar-refractivity contribution in [3.05, 3.63) is 16.6 Å². The SMILES string of the molecule is O=C(NC[C@@]12COC[C@@H]1CN(Cc1nccs1)C2)N1CCCC1. The van der Waals surface area contributed by atoms with Crippen molar-refractivity contribution in [3.63, 3.8) is 0 Å². The van der Waals surface area contributed by atoms with E-state index in [1.54, 1.807) is 11.3 Å². The molecule has 1 aromatic heterocycles. The second kappa shape index (κ2) is 6.37. The minimum Gasteiger partial charge on any atom is -0.380 e. The number of carbonyl (C=O) groups excluding carboxylic acids is 1. The maximum Gasteiger partial charge on any atom is 0.317 e. The first-order valence-electron chi connectivity index (χ1n) is 8.46. The summed E-state index contributed by atoms with van der Waals surface area (Å²) in [7, 11) is 0. The van der Waals surface area contributed by atoms with Crippen molar-refractivity contribution >= 4 is 17.4 Å². The van der Waals surface area contributed by atoms with Crippen LogP contribution in [0.4, 0.5) is 4.79 Å². The number of urea groups is 1. The van der Waals surface area contributed by atoms with Gasteiger partial charge in [-0.05, 0) is 12.8 Å². The lowest BCUT2D eigenvalue weighted by Crippen LogP contribution is -2.47. The van der Waals surface area contributed by atoms with Crippen molar-refractivity contribution in [2.75, 3.05) is 45.9 Å². The summed E-state index contributed by atoms with van der Waals surface area (Å²) in [5.74, 6) is 0.515. The van der Waals surface area contributed by atoms with Crippen molar-refractivity contribution < 1.29 is 9.53 Å². The van der Waals surface area contributed by atoms with Gasteiger partial charge in [-0.1, -0.05) is 0 Å². The van der Waals surface area contributed by atoms with Crippen LogP contribution in [0.3, 0.4) is 0 Å². The lowest BCUT2D eigenvalue weighted by Gasteiger charge is -2.28. The molecule has 0 saturated carbocycles. The van der Waals surface area contributed by atoms with Gasteiger partial charge in [0.1, 0.15) is 5.01 Å². The Labute approximate surface area is 140 Å².